The number of nitrogens with zero attached hydrogens (tertiary/aromatic N) is 1. The lowest BCUT2D eigenvalue weighted by Crippen LogP contribution is -2.71. The van der Waals surface area contributed by atoms with Crippen LogP contribution in [0.3, 0.4) is 0 Å². The Kier molecular flexibility index (Phi) is 1.24. The summed E-state index contributed by atoms with van der Waals surface area (Å²) in [6.07, 6.45) is 1.13. The highest BCUT2D eigenvalue weighted by molar-refractivity contribution is 5.99. The first-order valence-electron chi connectivity index (χ1n) is 3.87. The zero-order chi connectivity index (χ0) is 8.93. The van der Waals surface area contributed by atoms with Crippen LogP contribution in [0, 0.1) is 5.92 Å². The Labute approximate surface area is 69.3 Å². The molecule has 5 heteroatoms. The normalized spacial score (nSPS) is 40.2. The molecule has 2 rings (SSSR count). The van der Waals surface area contributed by atoms with Crippen molar-refractivity contribution in [2.24, 2.45) is 5.92 Å². The van der Waals surface area contributed by atoms with Crippen LogP contribution >= 0.6 is 0 Å². The van der Waals surface area contributed by atoms with Gasteiger partial charge in [0.1, 0.15) is 0 Å². The quantitative estimate of drug-likeness (QED) is 0.503. The van der Waals surface area contributed by atoms with Crippen LogP contribution in [0.25, 0.3) is 0 Å². The molecule has 0 spiro atoms. The maximum absolute atomic E-state index is 11.3. The van der Waals surface area contributed by atoms with Crippen LogP contribution in [0.1, 0.15) is 12.8 Å². The molecule has 0 radical (unpaired) electrons. The summed E-state index contributed by atoms with van der Waals surface area (Å²) in [5.41, 5.74) is -1.25. The van der Waals surface area contributed by atoms with Gasteiger partial charge in [0, 0.05) is 7.05 Å². The van der Waals surface area contributed by atoms with Crippen LogP contribution in [0.15, 0.2) is 0 Å². The van der Waals surface area contributed by atoms with Crippen molar-refractivity contribution < 1.29 is 14.7 Å². The number of nitrogens with one attached hydrogen (secondary N) is 1. The molecular weight excluding hydrogens is 160 g/mol. The second-order valence-electron chi connectivity index (χ2n) is 3.34. The number of rotatable bonds is 0. The van der Waals surface area contributed by atoms with E-state index >= 15 is 0 Å². The molecule has 2 aliphatic rings. The Hall–Kier alpha value is -1.10. The van der Waals surface area contributed by atoms with Crippen LogP contribution in [0.4, 0.5) is 4.79 Å². The van der Waals surface area contributed by atoms with E-state index in [2.05, 4.69) is 5.32 Å². The van der Waals surface area contributed by atoms with Crippen molar-refractivity contribution >= 4 is 11.9 Å². The second kappa shape index (κ2) is 1.98. The van der Waals surface area contributed by atoms with Gasteiger partial charge in [0.05, 0.1) is 5.92 Å². The predicted octanol–water partition coefficient (Wildman–Crippen LogP) is -0.733. The smallest absolute Gasteiger partial charge is 0.326 e. The Balaban J connectivity index is 2.27. The van der Waals surface area contributed by atoms with E-state index in [9.17, 15) is 14.7 Å². The molecular formula is C7H10N2O3. The molecule has 0 aromatic carbocycles. The lowest BCUT2D eigenvalue weighted by atomic mass is 9.73. The number of aliphatic hydroxyl groups is 1. The standard InChI is InChI=1S/C7H10N2O3/c1-9-5(10)4-2-3-7(4,12)8-6(9)11/h4,12H,2-3H2,1H3,(H,8,11). The van der Waals surface area contributed by atoms with Crippen molar-refractivity contribution in [1.29, 1.82) is 0 Å². The fourth-order valence-electron chi connectivity index (χ4n) is 1.64. The summed E-state index contributed by atoms with van der Waals surface area (Å²) < 4.78 is 0. The van der Waals surface area contributed by atoms with Crippen LogP contribution in [0.2, 0.25) is 0 Å². The Bertz CT molecular complexity index is 265. The van der Waals surface area contributed by atoms with Gasteiger partial charge in [0.25, 0.3) is 0 Å². The van der Waals surface area contributed by atoms with Gasteiger partial charge in [0.15, 0.2) is 5.72 Å². The Morgan fingerprint density at radius 3 is 2.83 bits per heavy atom. The molecule has 1 heterocycles. The molecule has 1 saturated heterocycles. The van der Waals surface area contributed by atoms with Gasteiger partial charge in [-0.05, 0) is 12.8 Å². The largest absolute Gasteiger partial charge is 0.370 e. The lowest BCUT2D eigenvalue weighted by Gasteiger charge is -2.49. The average molecular weight is 170 g/mol. The maximum atomic E-state index is 11.3. The summed E-state index contributed by atoms with van der Waals surface area (Å²) in [6, 6.07) is -0.515. The SMILES string of the molecule is CN1C(=O)NC2(O)CCC2C1=O. The molecule has 2 N–H and O–H groups in total. The average Bonchev–Trinajstić information content (AvgIpc) is 1.98. The van der Waals surface area contributed by atoms with Gasteiger partial charge in [-0.2, -0.15) is 0 Å². The van der Waals surface area contributed by atoms with Crippen molar-refractivity contribution in [3.8, 4) is 0 Å². The summed E-state index contributed by atoms with van der Waals surface area (Å²) in [5.74, 6) is -0.715. The van der Waals surface area contributed by atoms with Gasteiger partial charge in [-0.15, -0.1) is 0 Å². The maximum Gasteiger partial charge on any atom is 0.326 e. The summed E-state index contributed by atoms with van der Waals surface area (Å²) in [7, 11) is 1.41. The van der Waals surface area contributed by atoms with Crippen LogP contribution in [-0.2, 0) is 4.79 Å². The third kappa shape index (κ3) is 0.714. The first kappa shape index (κ1) is 7.54. The monoisotopic (exact) mass is 170 g/mol. The number of imide groups is 1. The molecule has 2 atom stereocenters. The molecule has 66 valence electrons. The first-order valence-corrected chi connectivity index (χ1v) is 3.87. The minimum Gasteiger partial charge on any atom is -0.370 e. The minimum absolute atomic E-state index is 0.285. The molecule has 3 amide bonds. The third-order valence-electron chi connectivity index (χ3n) is 2.65. The van der Waals surface area contributed by atoms with Gasteiger partial charge in [-0.1, -0.05) is 0 Å². The van der Waals surface area contributed by atoms with E-state index in [-0.39, 0.29) is 5.91 Å². The summed E-state index contributed by atoms with van der Waals surface area (Å²) >= 11 is 0. The molecule has 2 fully saturated rings. The van der Waals surface area contributed by atoms with Crippen molar-refractivity contribution in [2.75, 3.05) is 7.05 Å². The molecule has 0 aromatic rings. The number of carbonyl (C=O) groups excluding carboxylic acids is 2. The van der Waals surface area contributed by atoms with Gasteiger partial charge >= 0.3 is 6.03 Å². The van der Waals surface area contributed by atoms with E-state index < -0.39 is 17.7 Å². The minimum atomic E-state index is -1.25. The number of hydrogen-bond donors (Lipinski definition) is 2. The van der Waals surface area contributed by atoms with Gasteiger partial charge in [-0.3, -0.25) is 9.69 Å². The van der Waals surface area contributed by atoms with E-state index in [0.717, 1.165) is 4.90 Å². The first-order chi connectivity index (χ1) is 5.54. The number of amides is 3. The molecule has 1 aliphatic carbocycles. The lowest BCUT2D eigenvalue weighted by molar-refractivity contribution is -0.169. The number of hydrogen-bond acceptors (Lipinski definition) is 3. The van der Waals surface area contributed by atoms with Gasteiger partial charge in [0.2, 0.25) is 5.91 Å². The Morgan fingerprint density at radius 2 is 2.33 bits per heavy atom. The summed E-state index contributed by atoms with van der Waals surface area (Å²) in [6.45, 7) is 0. The molecule has 2 unspecified atom stereocenters. The number of fused-ring (bicyclic) bond motifs is 1. The molecule has 1 saturated carbocycles. The molecule has 1 aliphatic heterocycles. The van der Waals surface area contributed by atoms with Crippen LogP contribution in [0.5, 0.6) is 0 Å². The van der Waals surface area contributed by atoms with E-state index in [0.29, 0.717) is 12.8 Å². The number of urea groups is 1. The zero-order valence-corrected chi connectivity index (χ0v) is 6.70. The highest BCUT2D eigenvalue weighted by Crippen LogP contribution is 2.39. The summed E-state index contributed by atoms with van der Waals surface area (Å²) in [5, 5.41) is 12.0. The fourth-order valence-corrected chi connectivity index (χ4v) is 1.64. The number of carbonyl (C=O) groups is 2. The third-order valence-corrected chi connectivity index (χ3v) is 2.65. The van der Waals surface area contributed by atoms with E-state index in [1.54, 1.807) is 0 Å². The van der Waals surface area contributed by atoms with Gasteiger partial charge in [-0.25, -0.2) is 4.79 Å². The zero-order valence-electron chi connectivity index (χ0n) is 6.70. The van der Waals surface area contributed by atoms with E-state index in [4.69, 9.17) is 0 Å². The van der Waals surface area contributed by atoms with Gasteiger partial charge < -0.3 is 10.4 Å². The fraction of sp³-hybridized carbons (Fsp3) is 0.714. The van der Waals surface area contributed by atoms with E-state index in [1.165, 1.54) is 7.05 Å². The van der Waals surface area contributed by atoms with Crippen LogP contribution < -0.4 is 5.32 Å². The van der Waals surface area contributed by atoms with Crippen molar-refractivity contribution in [1.82, 2.24) is 10.2 Å². The highest BCUT2D eigenvalue weighted by Gasteiger charge is 2.55. The van der Waals surface area contributed by atoms with Crippen molar-refractivity contribution in [3.05, 3.63) is 0 Å². The second-order valence-corrected chi connectivity index (χ2v) is 3.34. The molecule has 0 bridgehead atoms. The van der Waals surface area contributed by atoms with Crippen molar-refractivity contribution in [2.45, 2.75) is 18.6 Å². The van der Waals surface area contributed by atoms with E-state index in [1.807, 2.05) is 0 Å². The van der Waals surface area contributed by atoms with Crippen LogP contribution in [-0.4, -0.2) is 34.7 Å². The predicted molar refractivity (Wildman–Crippen MR) is 39.0 cm³/mol. The molecule has 12 heavy (non-hydrogen) atoms. The highest BCUT2D eigenvalue weighted by atomic mass is 16.3. The molecule has 0 aromatic heterocycles. The Morgan fingerprint density at radius 1 is 1.67 bits per heavy atom. The summed E-state index contributed by atoms with van der Waals surface area (Å²) in [4.78, 5) is 23.4. The van der Waals surface area contributed by atoms with Crippen molar-refractivity contribution in [3.63, 3.8) is 0 Å². The molecule has 5 nitrogen and oxygen atoms in total. The topological polar surface area (TPSA) is 69.6 Å².